The van der Waals surface area contributed by atoms with Crippen molar-refractivity contribution in [3.63, 3.8) is 0 Å². The zero-order valence-corrected chi connectivity index (χ0v) is 11.0. The maximum atomic E-state index is 11.3. The van der Waals surface area contributed by atoms with E-state index >= 15 is 0 Å². The topological polar surface area (TPSA) is 35.5 Å². The monoisotopic (exact) mass is 244 g/mol. The first-order chi connectivity index (χ1) is 8.63. The summed E-state index contributed by atoms with van der Waals surface area (Å²) in [6, 6.07) is 5.99. The molecular weight excluding hydrogens is 228 g/mol. The molecule has 0 aliphatic carbocycles. The van der Waals surface area contributed by atoms with Crippen LogP contribution in [0.3, 0.4) is 0 Å². The quantitative estimate of drug-likeness (QED) is 0.777. The number of aryl methyl sites for hydroxylation is 2. The number of ether oxygens (including phenoxy) is 2. The van der Waals surface area contributed by atoms with Crippen LogP contribution in [0.1, 0.15) is 21.5 Å². The van der Waals surface area contributed by atoms with Crippen LogP contribution in [0.4, 0.5) is 0 Å². The summed E-state index contributed by atoms with van der Waals surface area (Å²) < 4.78 is 10.7. The number of aldehydes is 1. The molecule has 0 unspecified atom stereocenters. The van der Waals surface area contributed by atoms with Crippen LogP contribution in [0.5, 0.6) is 11.5 Å². The molecule has 0 heterocycles. The minimum absolute atomic E-state index is 0.501. The molecule has 0 fully saturated rings. The molecule has 2 aromatic carbocycles. The second-order valence-electron chi connectivity index (χ2n) is 4.27. The number of fused-ring (bicyclic) bond motifs is 1. The Morgan fingerprint density at radius 3 is 2.22 bits per heavy atom. The molecule has 0 spiro atoms. The molecule has 2 aromatic rings. The van der Waals surface area contributed by atoms with Gasteiger partial charge in [-0.3, -0.25) is 4.79 Å². The highest BCUT2D eigenvalue weighted by Crippen LogP contribution is 2.40. The van der Waals surface area contributed by atoms with Gasteiger partial charge in [-0.2, -0.15) is 0 Å². The highest BCUT2D eigenvalue weighted by Gasteiger charge is 2.18. The second-order valence-corrected chi connectivity index (χ2v) is 4.27. The van der Waals surface area contributed by atoms with Crippen molar-refractivity contribution in [2.24, 2.45) is 0 Å². The average Bonchev–Trinajstić information content (AvgIpc) is 2.38. The van der Waals surface area contributed by atoms with E-state index in [2.05, 4.69) is 6.07 Å². The summed E-state index contributed by atoms with van der Waals surface area (Å²) in [5.41, 5.74) is 2.67. The van der Waals surface area contributed by atoms with Gasteiger partial charge in [-0.25, -0.2) is 0 Å². The number of carbonyl (C=O) groups excluding carboxylic acids is 1. The molecule has 0 aliphatic heterocycles. The van der Waals surface area contributed by atoms with Gasteiger partial charge in [0.05, 0.1) is 19.8 Å². The predicted octanol–water partition coefficient (Wildman–Crippen LogP) is 3.29. The first-order valence-corrected chi connectivity index (χ1v) is 5.74. The summed E-state index contributed by atoms with van der Waals surface area (Å²) in [5, 5.41) is 1.92. The van der Waals surface area contributed by atoms with E-state index in [9.17, 15) is 4.79 Å². The van der Waals surface area contributed by atoms with Crippen LogP contribution in [-0.2, 0) is 0 Å². The summed E-state index contributed by atoms with van der Waals surface area (Å²) in [4.78, 5) is 11.3. The van der Waals surface area contributed by atoms with E-state index in [0.29, 0.717) is 17.1 Å². The molecule has 0 amide bonds. The molecule has 2 rings (SSSR count). The summed E-state index contributed by atoms with van der Waals surface area (Å²) in [5.74, 6) is 1.12. The smallest absolute Gasteiger partial charge is 0.172 e. The molecule has 94 valence electrons. The van der Waals surface area contributed by atoms with Crippen LogP contribution in [0, 0.1) is 13.8 Å². The third-order valence-electron chi connectivity index (χ3n) is 3.19. The Kier molecular flexibility index (Phi) is 3.24. The van der Waals surface area contributed by atoms with Crippen LogP contribution >= 0.6 is 0 Å². The summed E-state index contributed by atoms with van der Waals surface area (Å²) in [6.45, 7) is 3.99. The zero-order chi connectivity index (χ0) is 13.3. The Morgan fingerprint density at radius 1 is 1.00 bits per heavy atom. The zero-order valence-electron chi connectivity index (χ0n) is 11.0. The van der Waals surface area contributed by atoms with Crippen molar-refractivity contribution in [2.75, 3.05) is 14.2 Å². The predicted molar refractivity (Wildman–Crippen MR) is 71.9 cm³/mol. The van der Waals surface area contributed by atoms with Gasteiger partial charge < -0.3 is 9.47 Å². The van der Waals surface area contributed by atoms with Crippen LogP contribution in [0.25, 0.3) is 10.8 Å². The van der Waals surface area contributed by atoms with Gasteiger partial charge in [0, 0.05) is 5.56 Å². The van der Waals surface area contributed by atoms with Gasteiger partial charge in [0.1, 0.15) is 0 Å². The molecule has 0 atom stereocenters. The van der Waals surface area contributed by atoms with Gasteiger partial charge in [-0.05, 0) is 24.6 Å². The molecule has 0 aliphatic rings. The Balaban J connectivity index is 2.99. The van der Waals surface area contributed by atoms with Crippen molar-refractivity contribution in [1.82, 2.24) is 0 Å². The number of rotatable bonds is 3. The largest absolute Gasteiger partial charge is 0.493 e. The minimum Gasteiger partial charge on any atom is -0.493 e. The van der Waals surface area contributed by atoms with Crippen LogP contribution in [-0.4, -0.2) is 20.5 Å². The lowest BCUT2D eigenvalue weighted by atomic mass is 9.97. The fourth-order valence-electron chi connectivity index (χ4n) is 2.31. The fraction of sp³-hybridized carbons (Fsp3) is 0.267. The van der Waals surface area contributed by atoms with Gasteiger partial charge in [-0.1, -0.05) is 23.8 Å². The normalized spacial score (nSPS) is 10.4. The maximum Gasteiger partial charge on any atom is 0.172 e. The third kappa shape index (κ3) is 1.72. The lowest BCUT2D eigenvalue weighted by molar-refractivity contribution is 0.112. The van der Waals surface area contributed by atoms with Crippen LogP contribution < -0.4 is 9.47 Å². The van der Waals surface area contributed by atoms with Crippen molar-refractivity contribution in [3.05, 3.63) is 34.9 Å². The van der Waals surface area contributed by atoms with Gasteiger partial charge in [-0.15, -0.1) is 0 Å². The van der Waals surface area contributed by atoms with Gasteiger partial charge in [0.2, 0.25) is 0 Å². The Morgan fingerprint density at radius 2 is 1.67 bits per heavy atom. The number of hydrogen-bond acceptors (Lipinski definition) is 3. The van der Waals surface area contributed by atoms with E-state index in [1.807, 2.05) is 26.0 Å². The molecule has 0 saturated carbocycles. The molecule has 0 N–H and O–H groups in total. The van der Waals surface area contributed by atoms with Gasteiger partial charge >= 0.3 is 0 Å². The van der Waals surface area contributed by atoms with Crippen molar-refractivity contribution in [2.45, 2.75) is 13.8 Å². The molecule has 18 heavy (non-hydrogen) atoms. The number of methoxy groups -OCH3 is 2. The Hall–Kier alpha value is -2.03. The second kappa shape index (κ2) is 4.69. The highest BCUT2D eigenvalue weighted by atomic mass is 16.5. The standard InChI is InChI=1S/C15H16O3/c1-9-5-6-11-12(7-9)10(2)14(17-3)15(18-4)13(11)8-16/h5-8H,1-4H3. The summed E-state index contributed by atoms with van der Waals surface area (Å²) in [6.07, 6.45) is 0.818. The van der Waals surface area contributed by atoms with Gasteiger partial charge in [0.15, 0.2) is 17.8 Å². The van der Waals surface area contributed by atoms with E-state index in [1.54, 1.807) is 14.2 Å². The lowest BCUT2D eigenvalue weighted by Gasteiger charge is -2.16. The van der Waals surface area contributed by atoms with Crippen LogP contribution in [0.15, 0.2) is 18.2 Å². The van der Waals surface area contributed by atoms with Crippen molar-refractivity contribution in [1.29, 1.82) is 0 Å². The Labute approximate surface area is 106 Å². The van der Waals surface area contributed by atoms with Crippen molar-refractivity contribution in [3.8, 4) is 11.5 Å². The first-order valence-electron chi connectivity index (χ1n) is 5.74. The summed E-state index contributed by atoms with van der Waals surface area (Å²) in [7, 11) is 3.13. The van der Waals surface area contributed by atoms with E-state index in [4.69, 9.17) is 9.47 Å². The average molecular weight is 244 g/mol. The van der Waals surface area contributed by atoms with E-state index in [0.717, 1.165) is 28.2 Å². The molecular formula is C15H16O3. The maximum absolute atomic E-state index is 11.3. The molecule has 0 saturated heterocycles. The minimum atomic E-state index is 0.501. The van der Waals surface area contributed by atoms with E-state index in [1.165, 1.54) is 0 Å². The Bertz CT molecular complexity index is 615. The molecule has 0 aromatic heterocycles. The third-order valence-corrected chi connectivity index (χ3v) is 3.19. The number of hydrogen-bond donors (Lipinski definition) is 0. The first kappa shape index (κ1) is 12.4. The van der Waals surface area contributed by atoms with Crippen molar-refractivity contribution >= 4 is 17.1 Å². The molecule has 0 bridgehead atoms. The van der Waals surface area contributed by atoms with Crippen LogP contribution in [0.2, 0.25) is 0 Å². The fourth-order valence-corrected chi connectivity index (χ4v) is 2.31. The summed E-state index contributed by atoms with van der Waals surface area (Å²) >= 11 is 0. The SMILES string of the molecule is COc1c(OC)c(C=O)c2ccc(C)cc2c1C. The van der Waals surface area contributed by atoms with E-state index < -0.39 is 0 Å². The molecule has 3 nitrogen and oxygen atoms in total. The van der Waals surface area contributed by atoms with Crippen molar-refractivity contribution < 1.29 is 14.3 Å². The van der Waals surface area contributed by atoms with Gasteiger partial charge in [0.25, 0.3) is 0 Å². The van der Waals surface area contributed by atoms with E-state index in [-0.39, 0.29) is 0 Å². The molecule has 0 radical (unpaired) electrons. The highest BCUT2D eigenvalue weighted by molar-refractivity contribution is 6.04. The molecule has 3 heteroatoms. The number of carbonyl (C=O) groups is 1. The number of benzene rings is 2. The lowest BCUT2D eigenvalue weighted by Crippen LogP contribution is -1.99.